The van der Waals surface area contributed by atoms with E-state index < -0.39 is 4.92 Å². The van der Waals surface area contributed by atoms with E-state index in [2.05, 4.69) is 0 Å². The molecule has 6 heteroatoms. The van der Waals surface area contributed by atoms with Gasteiger partial charge in [0, 0.05) is 25.7 Å². The Morgan fingerprint density at radius 1 is 1.41 bits per heavy atom. The molecule has 0 atom stereocenters. The van der Waals surface area contributed by atoms with Gasteiger partial charge in [-0.1, -0.05) is 0 Å². The second kappa shape index (κ2) is 5.83. The minimum atomic E-state index is -0.486. The van der Waals surface area contributed by atoms with E-state index >= 15 is 0 Å². The summed E-state index contributed by atoms with van der Waals surface area (Å²) in [5.74, 6) is 0.305. The maximum atomic E-state index is 11.4. The fourth-order valence-corrected chi connectivity index (χ4v) is 1.10. The number of likely N-dealkylation sites (N-methyl/N-ethyl adjacent to an activating group) is 1. The van der Waals surface area contributed by atoms with E-state index in [0.29, 0.717) is 12.3 Å². The van der Waals surface area contributed by atoms with Gasteiger partial charge >= 0.3 is 0 Å². The van der Waals surface area contributed by atoms with Gasteiger partial charge in [-0.3, -0.25) is 14.9 Å². The Morgan fingerprint density at radius 3 is 2.47 bits per heavy atom. The van der Waals surface area contributed by atoms with Crippen LogP contribution in [0.25, 0.3) is 0 Å². The molecule has 6 nitrogen and oxygen atoms in total. The fraction of sp³-hybridized carbons (Fsp3) is 0.364. The van der Waals surface area contributed by atoms with Crippen LogP contribution in [0.5, 0.6) is 5.75 Å². The lowest BCUT2D eigenvalue weighted by Gasteiger charge is -2.14. The van der Waals surface area contributed by atoms with Crippen LogP contribution in [0.15, 0.2) is 24.3 Å². The molecule has 0 bridgehead atoms. The van der Waals surface area contributed by atoms with Crippen LogP contribution in [0, 0.1) is 10.1 Å². The number of ether oxygens (including phenoxy) is 1. The monoisotopic (exact) mass is 238 g/mol. The molecule has 1 aromatic carbocycles. The molecular weight excluding hydrogens is 224 g/mol. The van der Waals surface area contributed by atoms with Crippen molar-refractivity contribution in [2.75, 3.05) is 20.2 Å². The third-order valence-corrected chi connectivity index (χ3v) is 2.31. The summed E-state index contributed by atoms with van der Waals surface area (Å²) in [6, 6.07) is 5.61. The summed E-state index contributed by atoms with van der Waals surface area (Å²) < 4.78 is 5.21. The molecular formula is C11H14N2O4. The number of amides is 1. The largest absolute Gasteiger partial charge is 0.484 e. The van der Waals surface area contributed by atoms with Gasteiger partial charge in [-0.15, -0.1) is 0 Å². The van der Waals surface area contributed by atoms with Crippen LogP contribution in [-0.2, 0) is 4.79 Å². The highest BCUT2D eigenvalue weighted by atomic mass is 16.6. The highest BCUT2D eigenvalue weighted by Crippen LogP contribution is 2.17. The van der Waals surface area contributed by atoms with Crippen molar-refractivity contribution >= 4 is 11.6 Å². The van der Waals surface area contributed by atoms with E-state index in [0.717, 1.165) is 0 Å². The summed E-state index contributed by atoms with van der Waals surface area (Å²) in [6.07, 6.45) is 0. The number of non-ortho nitro benzene ring substituents is 1. The van der Waals surface area contributed by atoms with Crippen molar-refractivity contribution < 1.29 is 14.5 Å². The Labute approximate surface area is 98.9 Å². The zero-order valence-electron chi connectivity index (χ0n) is 9.75. The third kappa shape index (κ3) is 3.75. The number of nitro benzene ring substituents is 1. The van der Waals surface area contributed by atoms with Crippen LogP contribution in [0.4, 0.5) is 5.69 Å². The maximum absolute atomic E-state index is 11.4. The standard InChI is InChI=1S/C11H14N2O4/c1-3-12(2)11(14)8-17-10-6-4-9(5-7-10)13(15)16/h4-7H,3,8H2,1-2H3. The van der Waals surface area contributed by atoms with E-state index in [1.54, 1.807) is 7.05 Å². The van der Waals surface area contributed by atoms with E-state index in [4.69, 9.17) is 4.74 Å². The Hall–Kier alpha value is -2.11. The molecule has 17 heavy (non-hydrogen) atoms. The molecule has 0 N–H and O–H groups in total. The van der Waals surface area contributed by atoms with Crippen molar-refractivity contribution in [1.82, 2.24) is 4.90 Å². The average molecular weight is 238 g/mol. The number of carbonyl (C=O) groups is 1. The molecule has 0 saturated heterocycles. The van der Waals surface area contributed by atoms with Crippen molar-refractivity contribution in [2.24, 2.45) is 0 Å². The normalized spacial score (nSPS) is 9.76. The van der Waals surface area contributed by atoms with Crippen molar-refractivity contribution in [2.45, 2.75) is 6.92 Å². The van der Waals surface area contributed by atoms with Crippen LogP contribution in [0.2, 0.25) is 0 Å². The molecule has 0 unspecified atom stereocenters. The minimum absolute atomic E-state index is 0.00523. The lowest BCUT2D eigenvalue weighted by atomic mass is 10.3. The molecule has 0 fully saturated rings. The average Bonchev–Trinajstić information content (AvgIpc) is 2.35. The number of rotatable bonds is 5. The number of hydrogen-bond donors (Lipinski definition) is 0. The van der Waals surface area contributed by atoms with Crippen molar-refractivity contribution in [3.05, 3.63) is 34.4 Å². The third-order valence-electron chi connectivity index (χ3n) is 2.31. The van der Waals surface area contributed by atoms with Gasteiger partial charge < -0.3 is 9.64 Å². The molecule has 0 heterocycles. The van der Waals surface area contributed by atoms with Gasteiger partial charge in [-0.2, -0.15) is 0 Å². The molecule has 0 aliphatic rings. The number of carbonyl (C=O) groups excluding carboxylic acids is 1. The van der Waals surface area contributed by atoms with Crippen LogP contribution >= 0.6 is 0 Å². The molecule has 0 aliphatic carbocycles. The second-order valence-corrected chi connectivity index (χ2v) is 3.45. The summed E-state index contributed by atoms with van der Waals surface area (Å²) in [4.78, 5) is 22.9. The van der Waals surface area contributed by atoms with Gasteiger partial charge in [0.2, 0.25) is 0 Å². The first-order valence-electron chi connectivity index (χ1n) is 5.15. The van der Waals surface area contributed by atoms with Crippen LogP contribution in [0.3, 0.4) is 0 Å². The molecule has 0 aliphatic heterocycles. The predicted molar refractivity (Wildman–Crippen MR) is 61.9 cm³/mol. The van der Waals surface area contributed by atoms with Gasteiger partial charge in [-0.25, -0.2) is 0 Å². The lowest BCUT2D eigenvalue weighted by Crippen LogP contribution is -2.31. The summed E-state index contributed by atoms with van der Waals surface area (Å²) in [7, 11) is 1.68. The van der Waals surface area contributed by atoms with Crippen molar-refractivity contribution in [1.29, 1.82) is 0 Å². The minimum Gasteiger partial charge on any atom is -0.484 e. The Kier molecular flexibility index (Phi) is 4.45. The Morgan fingerprint density at radius 2 is 2.00 bits per heavy atom. The molecule has 1 amide bonds. The van der Waals surface area contributed by atoms with Crippen molar-refractivity contribution in [3.63, 3.8) is 0 Å². The molecule has 0 saturated carbocycles. The highest BCUT2D eigenvalue weighted by molar-refractivity contribution is 5.77. The molecule has 0 aromatic heterocycles. The van der Waals surface area contributed by atoms with Crippen molar-refractivity contribution in [3.8, 4) is 5.75 Å². The zero-order chi connectivity index (χ0) is 12.8. The molecule has 1 aromatic rings. The smallest absolute Gasteiger partial charge is 0.269 e. The van der Waals surface area contributed by atoms with Gasteiger partial charge in [0.25, 0.3) is 11.6 Å². The highest BCUT2D eigenvalue weighted by Gasteiger charge is 2.08. The number of nitrogens with zero attached hydrogens (tertiary/aromatic N) is 2. The topological polar surface area (TPSA) is 72.7 Å². The lowest BCUT2D eigenvalue weighted by molar-refractivity contribution is -0.384. The molecule has 0 spiro atoms. The van der Waals surface area contributed by atoms with E-state index in [1.807, 2.05) is 6.92 Å². The van der Waals surface area contributed by atoms with E-state index in [1.165, 1.54) is 29.2 Å². The molecule has 0 radical (unpaired) electrons. The summed E-state index contributed by atoms with van der Waals surface area (Å²) in [6.45, 7) is 2.41. The number of hydrogen-bond acceptors (Lipinski definition) is 4. The van der Waals surface area contributed by atoms with Crippen LogP contribution in [-0.4, -0.2) is 35.9 Å². The summed E-state index contributed by atoms with van der Waals surface area (Å²) in [5, 5.41) is 10.4. The Bertz CT molecular complexity index is 402. The van der Waals surface area contributed by atoms with Gasteiger partial charge in [-0.05, 0) is 19.1 Å². The second-order valence-electron chi connectivity index (χ2n) is 3.45. The van der Waals surface area contributed by atoms with Gasteiger partial charge in [0.15, 0.2) is 6.61 Å². The van der Waals surface area contributed by atoms with Crippen LogP contribution < -0.4 is 4.74 Å². The van der Waals surface area contributed by atoms with E-state index in [9.17, 15) is 14.9 Å². The quantitative estimate of drug-likeness (QED) is 0.575. The first kappa shape index (κ1) is 13.0. The van der Waals surface area contributed by atoms with E-state index in [-0.39, 0.29) is 18.2 Å². The summed E-state index contributed by atoms with van der Waals surface area (Å²) >= 11 is 0. The molecule has 92 valence electrons. The molecule has 1 rings (SSSR count). The number of benzene rings is 1. The Balaban J connectivity index is 2.53. The fourth-order valence-electron chi connectivity index (χ4n) is 1.10. The first-order valence-corrected chi connectivity index (χ1v) is 5.15. The maximum Gasteiger partial charge on any atom is 0.269 e. The van der Waals surface area contributed by atoms with Crippen LogP contribution in [0.1, 0.15) is 6.92 Å². The summed E-state index contributed by atoms with van der Waals surface area (Å²) in [5.41, 5.74) is -0.00523. The number of nitro groups is 1. The van der Waals surface area contributed by atoms with Gasteiger partial charge in [0.1, 0.15) is 5.75 Å². The first-order chi connectivity index (χ1) is 8.04. The van der Waals surface area contributed by atoms with Gasteiger partial charge in [0.05, 0.1) is 4.92 Å². The zero-order valence-corrected chi connectivity index (χ0v) is 9.75. The SMILES string of the molecule is CCN(C)C(=O)COc1ccc([N+](=O)[O-])cc1. The predicted octanol–water partition coefficient (Wildman–Crippen LogP) is 1.45.